The molecular formula is C12H19N3O. The molecule has 0 fully saturated rings. The van der Waals surface area contributed by atoms with Crippen LogP contribution in [0, 0.1) is 0 Å². The van der Waals surface area contributed by atoms with Gasteiger partial charge in [-0.25, -0.2) is 0 Å². The predicted molar refractivity (Wildman–Crippen MR) is 68.0 cm³/mol. The third-order valence-electron chi connectivity index (χ3n) is 1.83. The largest absolute Gasteiger partial charge is 0.491 e. The molecule has 0 saturated heterocycles. The van der Waals surface area contributed by atoms with E-state index >= 15 is 0 Å². The van der Waals surface area contributed by atoms with Crippen LogP contribution in [0.2, 0.25) is 0 Å². The zero-order valence-corrected chi connectivity index (χ0v) is 10.0. The highest BCUT2D eigenvalue weighted by Crippen LogP contribution is 2.16. The SMILES string of the molecule is CCN=C(N)Nc1ccc(OC(C)C)cc1. The van der Waals surface area contributed by atoms with Gasteiger partial charge in [0.25, 0.3) is 0 Å². The summed E-state index contributed by atoms with van der Waals surface area (Å²) in [4.78, 5) is 4.04. The number of guanidine groups is 1. The van der Waals surface area contributed by atoms with Crippen molar-refractivity contribution >= 4 is 11.6 Å². The molecule has 4 heteroatoms. The van der Waals surface area contributed by atoms with Gasteiger partial charge in [-0.05, 0) is 45.0 Å². The summed E-state index contributed by atoms with van der Waals surface area (Å²) in [5, 5.41) is 3.00. The molecule has 16 heavy (non-hydrogen) atoms. The van der Waals surface area contributed by atoms with E-state index in [1.54, 1.807) is 0 Å². The van der Waals surface area contributed by atoms with Crippen molar-refractivity contribution in [3.05, 3.63) is 24.3 Å². The Bertz CT molecular complexity index is 344. The van der Waals surface area contributed by atoms with Gasteiger partial charge in [0.1, 0.15) is 5.75 Å². The summed E-state index contributed by atoms with van der Waals surface area (Å²) in [6, 6.07) is 7.63. The predicted octanol–water partition coefficient (Wildman–Crippen LogP) is 2.22. The summed E-state index contributed by atoms with van der Waals surface area (Å²) in [5.41, 5.74) is 6.55. The number of nitrogens with zero attached hydrogens (tertiary/aromatic N) is 1. The first kappa shape index (κ1) is 12.4. The highest BCUT2D eigenvalue weighted by molar-refractivity contribution is 5.92. The van der Waals surface area contributed by atoms with E-state index in [1.165, 1.54) is 0 Å². The van der Waals surface area contributed by atoms with Crippen molar-refractivity contribution in [2.24, 2.45) is 10.7 Å². The maximum Gasteiger partial charge on any atom is 0.193 e. The zero-order valence-electron chi connectivity index (χ0n) is 10.0. The molecule has 0 atom stereocenters. The molecule has 88 valence electrons. The van der Waals surface area contributed by atoms with Crippen molar-refractivity contribution in [2.45, 2.75) is 26.9 Å². The van der Waals surface area contributed by atoms with Gasteiger partial charge >= 0.3 is 0 Å². The van der Waals surface area contributed by atoms with E-state index in [0.29, 0.717) is 12.5 Å². The summed E-state index contributed by atoms with van der Waals surface area (Å²) >= 11 is 0. The molecule has 0 saturated carbocycles. The molecule has 0 aliphatic rings. The van der Waals surface area contributed by atoms with E-state index in [9.17, 15) is 0 Å². The van der Waals surface area contributed by atoms with Gasteiger partial charge in [-0.1, -0.05) is 0 Å². The lowest BCUT2D eigenvalue weighted by Gasteiger charge is -2.10. The summed E-state index contributed by atoms with van der Waals surface area (Å²) in [7, 11) is 0. The first-order valence-electron chi connectivity index (χ1n) is 5.45. The molecule has 1 rings (SSSR count). The fraction of sp³-hybridized carbons (Fsp3) is 0.417. The zero-order chi connectivity index (χ0) is 12.0. The highest BCUT2D eigenvalue weighted by Gasteiger charge is 1.98. The summed E-state index contributed by atoms with van der Waals surface area (Å²) in [6.07, 6.45) is 0.186. The maximum atomic E-state index is 5.64. The first-order chi connectivity index (χ1) is 7.61. The van der Waals surface area contributed by atoms with E-state index in [2.05, 4.69) is 10.3 Å². The van der Waals surface area contributed by atoms with Crippen molar-refractivity contribution < 1.29 is 4.74 Å². The standard InChI is InChI=1S/C12H19N3O/c1-4-14-12(13)15-10-5-7-11(8-6-10)16-9(2)3/h5-9H,4H2,1-3H3,(H3,13,14,15). The van der Waals surface area contributed by atoms with Gasteiger partial charge in [0.05, 0.1) is 6.10 Å². The Kier molecular flexibility index (Phi) is 4.64. The van der Waals surface area contributed by atoms with Crippen LogP contribution in [0.3, 0.4) is 0 Å². The number of benzene rings is 1. The molecule has 4 nitrogen and oxygen atoms in total. The lowest BCUT2D eigenvalue weighted by molar-refractivity contribution is 0.242. The molecule has 0 bridgehead atoms. The normalized spacial score (nSPS) is 11.6. The maximum absolute atomic E-state index is 5.64. The van der Waals surface area contributed by atoms with Crippen molar-refractivity contribution in [3.63, 3.8) is 0 Å². The van der Waals surface area contributed by atoms with Crippen LogP contribution in [-0.4, -0.2) is 18.6 Å². The third kappa shape index (κ3) is 4.21. The van der Waals surface area contributed by atoms with Crippen LogP contribution in [0.1, 0.15) is 20.8 Å². The summed E-state index contributed by atoms with van der Waals surface area (Å²) in [6.45, 7) is 6.61. The summed E-state index contributed by atoms with van der Waals surface area (Å²) in [5.74, 6) is 1.28. The van der Waals surface area contributed by atoms with Gasteiger partial charge in [0.2, 0.25) is 0 Å². The minimum atomic E-state index is 0.186. The van der Waals surface area contributed by atoms with Crippen molar-refractivity contribution in [3.8, 4) is 5.75 Å². The topological polar surface area (TPSA) is 59.6 Å². The second-order valence-electron chi connectivity index (χ2n) is 3.68. The molecule has 0 radical (unpaired) electrons. The Morgan fingerprint density at radius 1 is 1.38 bits per heavy atom. The number of aliphatic imine (C=N–C) groups is 1. The second-order valence-corrected chi connectivity index (χ2v) is 3.68. The number of rotatable bonds is 4. The van der Waals surface area contributed by atoms with E-state index in [-0.39, 0.29) is 6.10 Å². The fourth-order valence-corrected chi connectivity index (χ4v) is 1.25. The van der Waals surface area contributed by atoms with Crippen molar-refractivity contribution in [2.75, 3.05) is 11.9 Å². The molecule has 0 amide bonds. The summed E-state index contributed by atoms with van der Waals surface area (Å²) < 4.78 is 5.53. The van der Waals surface area contributed by atoms with Gasteiger partial charge in [-0.15, -0.1) is 0 Å². The molecule has 0 unspecified atom stereocenters. The Morgan fingerprint density at radius 3 is 2.50 bits per heavy atom. The Balaban J connectivity index is 2.61. The fourth-order valence-electron chi connectivity index (χ4n) is 1.25. The third-order valence-corrected chi connectivity index (χ3v) is 1.83. The molecule has 0 aromatic heterocycles. The van der Waals surface area contributed by atoms with E-state index in [4.69, 9.17) is 10.5 Å². The van der Waals surface area contributed by atoms with Gasteiger partial charge in [-0.3, -0.25) is 4.99 Å². The minimum Gasteiger partial charge on any atom is -0.491 e. The number of anilines is 1. The van der Waals surface area contributed by atoms with Gasteiger partial charge in [0, 0.05) is 12.2 Å². The van der Waals surface area contributed by atoms with Gasteiger partial charge in [0.15, 0.2) is 5.96 Å². The monoisotopic (exact) mass is 221 g/mol. The van der Waals surface area contributed by atoms with Crippen LogP contribution in [-0.2, 0) is 0 Å². The lowest BCUT2D eigenvalue weighted by atomic mass is 10.3. The highest BCUT2D eigenvalue weighted by atomic mass is 16.5. The van der Waals surface area contributed by atoms with Crippen molar-refractivity contribution in [1.82, 2.24) is 0 Å². The molecule has 1 aromatic rings. The Labute approximate surface area is 96.5 Å². The van der Waals surface area contributed by atoms with Crippen molar-refractivity contribution in [1.29, 1.82) is 0 Å². The van der Waals surface area contributed by atoms with Crippen LogP contribution in [0.4, 0.5) is 5.69 Å². The average molecular weight is 221 g/mol. The number of hydrogen-bond acceptors (Lipinski definition) is 2. The minimum absolute atomic E-state index is 0.186. The number of ether oxygens (including phenoxy) is 1. The Morgan fingerprint density at radius 2 is 2.00 bits per heavy atom. The smallest absolute Gasteiger partial charge is 0.193 e. The lowest BCUT2D eigenvalue weighted by Crippen LogP contribution is -2.22. The first-order valence-corrected chi connectivity index (χ1v) is 5.45. The van der Waals surface area contributed by atoms with E-state index in [1.807, 2.05) is 45.0 Å². The molecule has 1 aromatic carbocycles. The Hall–Kier alpha value is -1.71. The molecule has 3 N–H and O–H groups in total. The van der Waals surface area contributed by atoms with Crippen LogP contribution < -0.4 is 15.8 Å². The van der Waals surface area contributed by atoms with E-state index in [0.717, 1.165) is 11.4 Å². The molecule has 0 spiro atoms. The molecule has 0 heterocycles. The average Bonchev–Trinajstić information content (AvgIpc) is 2.20. The quantitative estimate of drug-likeness (QED) is 0.605. The second kappa shape index (κ2) is 6.00. The molecule has 0 aliphatic heterocycles. The van der Waals surface area contributed by atoms with E-state index < -0.39 is 0 Å². The van der Waals surface area contributed by atoms with Crippen LogP contribution in [0.25, 0.3) is 0 Å². The molecule has 0 aliphatic carbocycles. The van der Waals surface area contributed by atoms with Gasteiger partial charge in [-0.2, -0.15) is 0 Å². The van der Waals surface area contributed by atoms with Crippen LogP contribution in [0.15, 0.2) is 29.3 Å². The molecular weight excluding hydrogens is 202 g/mol. The van der Waals surface area contributed by atoms with Gasteiger partial charge < -0.3 is 15.8 Å². The van der Waals surface area contributed by atoms with Crippen LogP contribution in [0.5, 0.6) is 5.75 Å². The number of nitrogens with two attached hydrogens (primary N) is 1. The number of hydrogen-bond donors (Lipinski definition) is 2. The number of nitrogens with one attached hydrogen (secondary N) is 1. The van der Waals surface area contributed by atoms with Crippen LogP contribution >= 0.6 is 0 Å².